The molecule has 1 fully saturated rings. The highest BCUT2D eigenvalue weighted by molar-refractivity contribution is 6.31. The number of aryl methyl sites for hydroxylation is 1. The highest BCUT2D eigenvalue weighted by Crippen LogP contribution is 2.25. The van der Waals surface area contributed by atoms with Crippen molar-refractivity contribution in [2.75, 3.05) is 0 Å². The van der Waals surface area contributed by atoms with E-state index in [0.29, 0.717) is 6.04 Å². The summed E-state index contributed by atoms with van der Waals surface area (Å²) in [5.41, 5.74) is 3.25. The molecule has 0 aliphatic heterocycles. The maximum absolute atomic E-state index is 6.23. The number of rotatable bonds is 4. The molecule has 1 N–H and O–H groups in total. The number of hydrogen-bond acceptors (Lipinski definition) is 2. The highest BCUT2D eigenvalue weighted by atomic mass is 35.5. The number of benzene rings is 1. The molecule has 1 saturated carbocycles. The van der Waals surface area contributed by atoms with Crippen molar-refractivity contribution in [1.29, 1.82) is 0 Å². The van der Waals surface area contributed by atoms with Crippen LogP contribution >= 0.6 is 11.6 Å². The van der Waals surface area contributed by atoms with Crippen LogP contribution in [0.15, 0.2) is 30.5 Å². The van der Waals surface area contributed by atoms with Gasteiger partial charge in [-0.2, -0.15) is 5.10 Å². The van der Waals surface area contributed by atoms with E-state index in [0.717, 1.165) is 28.4 Å². The first-order valence-electron chi connectivity index (χ1n) is 6.24. The van der Waals surface area contributed by atoms with Crippen molar-refractivity contribution in [3.05, 3.63) is 41.0 Å². The van der Waals surface area contributed by atoms with E-state index < -0.39 is 0 Å². The summed E-state index contributed by atoms with van der Waals surface area (Å²) in [6.45, 7) is 0.837. The third kappa shape index (κ3) is 2.57. The Bertz CT molecular complexity index is 558. The Balaban J connectivity index is 1.84. The van der Waals surface area contributed by atoms with Crippen molar-refractivity contribution in [2.24, 2.45) is 7.05 Å². The van der Waals surface area contributed by atoms with E-state index in [-0.39, 0.29) is 0 Å². The normalized spacial score (nSPS) is 15.0. The smallest absolute Gasteiger partial charge is 0.0923 e. The third-order valence-electron chi connectivity index (χ3n) is 3.21. The van der Waals surface area contributed by atoms with Crippen LogP contribution in [0.25, 0.3) is 11.3 Å². The van der Waals surface area contributed by atoms with Gasteiger partial charge in [-0.05, 0) is 36.6 Å². The van der Waals surface area contributed by atoms with Crippen molar-refractivity contribution in [1.82, 2.24) is 15.1 Å². The minimum Gasteiger partial charge on any atom is -0.310 e. The first-order chi connectivity index (χ1) is 8.72. The SMILES string of the molecule is Cn1ccc(-c2ccc(Cl)c(CNC3CC3)c2)n1. The van der Waals surface area contributed by atoms with Gasteiger partial charge in [0.15, 0.2) is 0 Å². The summed E-state index contributed by atoms with van der Waals surface area (Å²) in [6, 6.07) is 8.81. The van der Waals surface area contributed by atoms with Crippen molar-refractivity contribution >= 4 is 11.6 Å². The van der Waals surface area contributed by atoms with Crippen LogP contribution in [-0.4, -0.2) is 15.8 Å². The van der Waals surface area contributed by atoms with Crippen LogP contribution in [0.4, 0.5) is 0 Å². The van der Waals surface area contributed by atoms with Crippen LogP contribution in [0.1, 0.15) is 18.4 Å². The van der Waals surface area contributed by atoms with Gasteiger partial charge >= 0.3 is 0 Å². The molecule has 1 aromatic heterocycles. The summed E-state index contributed by atoms with van der Waals surface area (Å²) in [7, 11) is 1.93. The van der Waals surface area contributed by atoms with E-state index in [1.54, 1.807) is 0 Å². The Kier molecular flexibility index (Phi) is 3.10. The van der Waals surface area contributed by atoms with E-state index in [1.165, 1.54) is 12.8 Å². The molecule has 0 atom stereocenters. The Hall–Kier alpha value is -1.32. The van der Waals surface area contributed by atoms with Crippen molar-refractivity contribution in [3.8, 4) is 11.3 Å². The summed E-state index contributed by atoms with van der Waals surface area (Å²) in [5.74, 6) is 0. The standard InChI is InChI=1S/C14H16ClN3/c1-18-7-6-14(17-18)10-2-5-13(15)11(8-10)9-16-12-3-4-12/h2,5-8,12,16H,3-4,9H2,1H3. The zero-order valence-electron chi connectivity index (χ0n) is 10.4. The number of nitrogens with zero attached hydrogens (tertiary/aromatic N) is 2. The Morgan fingerprint density at radius 3 is 2.89 bits per heavy atom. The molecule has 1 heterocycles. The lowest BCUT2D eigenvalue weighted by Crippen LogP contribution is -2.15. The maximum atomic E-state index is 6.23. The van der Waals surface area contributed by atoms with Crippen LogP contribution in [0, 0.1) is 0 Å². The van der Waals surface area contributed by atoms with E-state index in [4.69, 9.17) is 11.6 Å². The van der Waals surface area contributed by atoms with Gasteiger partial charge in [0.05, 0.1) is 5.69 Å². The molecule has 18 heavy (non-hydrogen) atoms. The molecular weight excluding hydrogens is 246 g/mol. The minimum absolute atomic E-state index is 0.694. The number of nitrogens with one attached hydrogen (secondary N) is 1. The van der Waals surface area contributed by atoms with Crippen LogP contribution in [0.2, 0.25) is 5.02 Å². The van der Waals surface area contributed by atoms with Crippen molar-refractivity contribution in [2.45, 2.75) is 25.4 Å². The van der Waals surface area contributed by atoms with Gasteiger partial charge in [-0.1, -0.05) is 17.7 Å². The summed E-state index contributed by atoms with van der Waals surface area (Å²) < 4.78 is 1.81. The summed E-state index contributed by atoms with van der Waals surface area (Å²) >= 11 is 6.23. The van der Waals surface area contributed by atoms with E-state index in [1.807, 2.05) is 36.1 Å². The van der Waals surface area contributed by atoms with Gasteiger partial charge in [0.1, 0.15) is 0 Å². The molecule has 4 heteroatoms. The van der Waals surface area contributed by atoms with E-state index in [2.05, 4.69) is 16.5 Å². The predicted molar refractivity (Wildman–Crippen MR) is 73.5 cm³/mol. The second-order valence-electron chi connectivity index (χ2n) is 4.84. The molecule has 3 nitrogen and oxygen atoms in total. The van der Waals surface area contributed by atoms with Crippen molar-refractivity contribution < 1.29 is 0 Å². The molecule has 1 aliphatic carbocycles. The Morgan fingerprint density at radius 1 is 1.39 bits per heavy atom. The quantitative estimate of drug-likeness (QED) is 0.917. The zero-order chi connectivity index (χ0) is 12.5. The number of hydrogen-bond donors (Lipinski definition) is 1. The lowest BCUT2D eigenvalue weighted by Gasteiger charge is -2.07. The maximum Gasteiger partial charge on any atom is 0.0923 e. The van der Waals surface area contributed by atoms with Gasteiger partial charge < -0.3 is 5.32 Å². The van der Waals surface area contributed by atoms with Gasteiger partial charge in [0, 0.05) is 36.4 Å². The molecule has 0 radical (unpaired) electrons. The Labute approximate surface area is 112 Å². The summed E-state index contributed by atoms with van der Waals surface area (Å²) in [6.07, 6.45) is 4.53. The van der Waals surface area contributed by atoms with Gasteiger partial charge in [-0.25, -0.2) is 0 Å². The van der Waals surface area contributed by atoms with Crippen LogP contribution < -0.4 is 5.32 Å². The Morgan fingerprint density at radius 2 is 2.22 bits per heavy atom. The molecule has 0 saturated heterocycles. The topological polar surface area (TPSA) is 29.9 Å². The fourth-order valence-corrected chi connectivity index (χ4v) is 2.16. The predicted octanol–water partition coefficient (Wildman–Crippen LogP) is 2.99. The van der Waals surface area contributed by atoms with E-state index in [9.17, 15) is 0 Å². The average molecular weight is 262 g/mol. The molecule has 0 unspecified atom stereocenters. The molecule has 94 valence electrons. The third-order valence-corrected chi connectivity index (χ3v) is 3.58. The highest BCUT2D eigenvalue weighted by Gasteiger charge is 2.20. The number of halogens is 1. The lowest BCUT2D eigenvalue weighted by molar-refractivity contribution is 0.688. The number of aromatic nitrogens is 2. The second kappa shape index (κ2) is 4.75. The molecule has 0 bridgehead atoms. The molecule has 1 aliphatic rings. The van der Waals surface area contributed by atoms with Crippen LogP contribution in [0.3, 0.4) is 0 Å². The fraction of sp³-hybridized carbons (Fsp3) is 0.357. The monoisotopic (exact) mass is 261 g/mol. The first-order valence-corrected chi connectivity index (χ1v) is 6.62. The fourth-order valence-electron chi connectivity index (χ4n) is 1.98. The van der Waals surface area contributed by atoms with Gasteiger partial charge in [0.25, 0.3) is 0 Å². The van der Waals surface area contributed by atoms with Gasteiger partial charge in [-0.3, -0.25) is 4.68 Å². The average Bonchev–Trinajstić information content (AvgIpc) is 3.09. The summed E-state index contributed by atoms with van der Waals surface area (Å²) in [5, 5.41) is 8.72. The van der Waals surface area contributed by atoms with Gasteiger partial charge in [-0.15, -0.1) is 0 Å². The largest absolute Gasteiger partial charge is 0.310 e. The molecule has 2 aromatic rings. The van der Waals surface area contributed by atoms with Crippen molar-refractivity contribution in [3.63, 3.8) is 0 Å². The van der Waals surface area contributed by atoms with Crippen LogP contribution in [0.5, 0.6) is 0 Å². The minimum atomic E-state index is 0.694. The molecule has 0 amide bonds. The van der Waals surface area contributed by atoms with Gasteiger partial charge in [0.2, 0.25) is 0 Å². The second-order valence-corrected chi connectivity index (χ2v) is 5.24. The lowest BCUT2D eigenvalue weighted by atomic mass is 10.1. The van der Waals surface area contributed by atoms with Crippen LogP contribution in [-0.2, 0) is 13.6 Å². The molecule has 3 rings (SSSR count). The first kappa shape index (κ1) is 11.8. The zero-order valence-corrected chi connectivity index (χ0v) is 11.1. The molecular formula is C14H16ClN3. The molecule has 0 spiro atoms. The summed E-state index contributed by atoms with van der Waals surface area (Å²) in [4.78, 5) is 0. The molecule has 1 aromatic carbocycles. The van der Waals surface area contributed by atoms with E-state index >= 15 is 0 Å².